The third kappa shape index (κ3) is 2.68. The first-order valence-electron chi connectivity index (χ1n) is 8.61. The smallest absolute Gasteiger partial charge is 0.321 e. The molecule has 3 fully saturated rings. The molecule has 0 aliphatic carbocycles. The number of carbonyl (C=O) groups is 1. The van der Waals surface area contributed by atoms with Gasteiger partial charge in [-0.1, -0.05) is 11.6 Å². The molecular weight excluding hydrogens is 326 g/mol. The van der Waals surface area contributed by atoms with Crippen LogP contribution in [0.15, 0.2) is 24.3 Å². The number of carbonyl (C=O) groups excluding carboxylic acids is 1. The van der Waals surface area contributed by atoms with Gasteiger partial charge in [-0.3, -0.25) is 0 Å². The van der Waals surface area contributed by atoms with E-state index >= 15 is 0 Å². The van der Waals surface area contributed by atoms with Crippen LogP contribution in [0.2, 0.25) is 5.02 Å². The van der Waals surface area contributed by atoms with E-state index in [9.17, 15) is 4.79 Å². The SMILES string of the molecule is CN(C)C[C@H]1[C@H]2CN(C(=O)Nc3ccc(Cl)cc3)C[C@]23CC[C@H]1O3. The normalized spacial score (nSPS) is 34.0. The number of rotatable bonds is 3. The molecule has 1 spiro atoms. The molecule has 0 radical (unpaired) electrons. The Morgan fingerprint density at radius 1 is 1.42 bits per heavy atom. The van der Waals surface area contributed by atoms with Crippen LogP contribution < -0.4 is 5.32 Å². The van der Waals surface area contributed by atoms with E-state index in [1.54, 1.807) is 12.1 Å². The Labute approximate surface area is 147 Å². The van der Waals surface area contributed by atoms with Gasteiger partial charge >= 0.3 is 6.03 Å². The van der Waals surface area contributed by atoms with Gasteiger partial charge in [0.25, 0.3) is 0 Å². The minimum Gasteiger partial charge on any atom is -0.369 e. The van der Waals surface area contributed by atoms with Gasteiger partial charge < -0.3 is 19.9 Å². The Kier molecular flexibility index (Phi) is 3.98. The molecule has 3 saturated heterocycles. The first-order chi connectivity index (χ1) is 11.5. The van der Waals surface area contributed by atoms with E-state index in [-0.39, 0.29) is 11.6 Å². The molecule has 0 aromatic heterocycles. The van der Waals surface area contributed by atoms with Crippen LogP contribution in [0.25, 0.3) is 0 Å². The van der Waals surface area contributed by atoms with Crippen molar-refractivity contribution in [3.05, 3.63) is 29.3 Å². The number of likely N-dealkylation sites (tertiary alicyclic amines) is 1. The van der Waals surface area contributed by atoms with Crippen LogP contribution in [0.4, 0.5) is 10.5 Å². The van der Waals surface area contributed by atoms with E-state index in [1.165, 1.54) is 0 Å². The Bertz CT molecular complexity index is 636. The van der Waals surface area contributed by atoms with Crippen molar-refractivity contribution in [2.45, 2.75) is 24.5 Å². The molecule has 6 heteroatoms. The fourth-order valence-corrected chi connectivity index (χ4v) is 4.87. The minimum atomic E-state index is -0.108. The first kappa shape index (κ1) is 16.2. The van der Waals surface area contributed by atoms with Crippen molar-refractivity contribution in [1.29, 1.82) is 0 Å². The van der Waals surface area contributed by atoms with Crippen molar-refractivity contribution in [2.75, 3.05) is 39.0 Å². The molecule has 2 amide bonds. The summed E-state index contributed by atoms with van der Waals surface area (Å²) in [5.41, 5.74) is 0.664. The minimum absolute atomic E-state index is 0.0447. The average molecular weight is 350 g/mol. The second-order valence-electron chi connectivity index (χ2n) is 7.61. The second-order valence-corrected chi connectivity index (χ2v) is 8.05. The predicted octanol–water partition coefficient (Wildman–Crippen LogP) is 2.91. The van der Waals surface area contributed by atoms with E-state index in [2.05, 4.69) is 24.3 Å². The standard InChI is InChI=1S/C18H24ClN3O2/c1-21(2)9-14-15-10-22(11-18(15)8-7-16(14)24-18)17(23)20-13-5-3-12(19)4-6-13/h3-6,14-16H,7-11H2,1-2H3,(H,20,23)/t14-,15+,16+,18+/m0/s1. The van der Waals surface area contributed by atoms with E-state index in [4.69, 9.17) is 16.3 Å². The second kappa shape index (κ2) is 5.90. The molecule has 0 saturated carbocycles. The number of hydrogen-bond donors (Lipinski definition) is 1. The highest BCUT2D eigenvalue weighted by Gasteiger charge is 2.63. The number of benzene rings is 1. The van der Waals surface area contributed by atoms with Gasteiger partial charge in [0.05, 0.1) is 18.2 Å². The molecule has 1 aromatic rings. The first-order valence-corrected chi connectivity index (χ1v) is 8.99. The van der Waals surface area contributed by atoms with Crippen molar-refractivity contribution in [1.82, 2.24) is 9.80 Å². The zero-order valence-electron chi connectivity index (χ0n) is 14.2. The van der Waals surface area contributed by atoms with Crippen LogP contribution >= 0.6 is 11.6 Å². The highest BCUT2D eigenvalue weighted by molar-refractivity contribution is 6.30. The summed E-state index contributed by atoms with van der Waals surface area (Å²) in [5, 5.41) is 3.64. The van der Waals surface area contributed by atoms with Crippen molar-refractivity contribution in [3.8, 4) is 0 Å². The zero-order valence-corrected chi connectivity index (χ0v) is 14.9. The predicted molar refractivity (Wildman–Crippen MR) is 94.4 cm³/mol. The monoisotopic (exact) mass is 349 g/mol. The Morgan fingerprint density at radius 2 is 2.17 bits per heavy atom. The fourth-order valence-electron chi connectivity index (χ4n) is 4.75. The third-order valence-electron chi connectivity index (χ3n) is 5.74. The number of nitrogens with zero attached hydrogens (tertiary/aromatic N) is 2. The number of fused-ring (bicyclic) bond motifs is 1. The maximum absolute atomic E-state index is 12.6. The quantitative estimate of drug-likeness (QED) is 0.912. The summed E-state index contributed by atoms with van der Waals surface area (Å²) in [4.78, 5) is 16.8. The molecule has 1 N–H and O–H groups in total. The topological polar surface area (TPSA) is 44.8 Å². The summed E-state index contributed by atoms with van der Waals surface area (Å²) in [6, 6.07) is 7.18. The van der Waals surface area contributed by atoms with Gasteiger partial charge in [0, 0.05) is 35.6 Å². The number of halogens is 1. The largest absolute Gasteiger partial charge is 0.369 e. The molecule has 3 heterocycles. The van der Waals surface area contributed by atoms with Gasteiger partial charge in [0.15, 0.2) is 0 Å². The number of anilines is 1. The molecule has 1 aromatic carbocycles. The lowest BCUT2D eigenvalue weighted by molar-refractivity contribution is 0.00534. The molecule has 3 aliphatic heterocycles. The number of urea groups is 1. The van der Waals surface area contributed by atoms with Crippen molar-refractivity contribution < 1.29 is 9.53 Å². The van der Waals surface area contributed by atoms with Gasteiger partial charge in [-0.15, -0.1) is 0 Å². The van der Waals surface area contributed by atoms with E-state index in [0.29, 0.717) is 29.5 Å². The highest BCUT2D eigenvalue weighted by Crippen LogP contribution is 2.54. The lowest BCUT2D eigenvalue weighted by Gasteiger charge is -2.30. The van der Waals surface area contributed by atoms with E-state index in [0.717, 1.165) is 31.6 Å². The number of ether oxygens (including phenoxy) is 1. The summed E-state index contributed by atoms with van der Waals surface area (Å²) in [5.74, 6) is 0.983. The van der Waals surface area contributed by atoms with Gasteiger partial charge in [0.1, 0.15) is 0 Å². The Morgan fingerprint density at radius 3 is 2.88 bits per heavy atom. The van der Waals surface area contributed by atoms with Crippen molar-refractivity contribution in [3.63, 3.8) is 0 Å². The molecule has 4 rings (SSSR count). The summed E-state index contributed by atoms with van der Waals surface area (Å²) in [7, 11) is 4.22. The molecule has 5 nitrogen and oxygen atoms in total. The molecule has 3 aliphatic rings. The molecule has 24 heavy (non-hydrogen) atoms. The maximum Gasteiger partial charge on any atom is 0.321 e. The van der Waals surface area contributed by atoms with Gasteiger partial charge in [-0.05, 0) is 51.2 Å². The van der Waals surface area contributed by atoms with Gasteiger partial charge in [-0.25, -0.2) is 4.79 Å². The number of hydrogen-bond acceptors (Lipinski definition) is 3. The fraction of sp³-hybridized carbons (Fsp3) is 0.611. The van der Waals surface area contributed by atoms with Crippen LogP contribution in [-0.4, -0.2) is 61.3 Å². The highest BCUT2D eigenvalue weighted by atomic mass is 35.5. The van der Waals surface area contributed by atoms with E-state index in [1.807, 2.05) is 17.0 Å². The molecule has 0 unspecified atom stereocenters. The third-order valence-corrected chi connectivity index (χ3v) is 5.99. The summed E-state index contributed by atoms with van der Waals surface area (Å²) >= 11 is 5.90. The lowest BCUT2D eigenvalue weighted by Crippen LogP contribution is -2.40. The van der Waals surface area contributed by atoms with Crippen LogP contribution in [0.3, 0.4) is 0 Å². The van der Waals surface area contributed by atoms with Crippen LogP contribution in [-0.2, 0) is 4.74 Å². The van der Waals surface area contributed by atoms with Crippen molar-refractivity contribution in [2.24, 2.45) is 11.8 Å². The molecule has 2 bridgehead atoms. The summed E-state index contributed by atoms with van der Waals surface area (Å²) in [6.07, 6.45) is 2.58. The summed E-state index contributed by atoms with van der Waals surface area (Å²) < 4.78 is 6.38. The maximum atomic E-state index is 12.6. The Balaban J connectivity index is 1.45. The molecular formula is C18H24ClN3O2. The molecule has 130 valence electrons. The Hall–Kier alpha value is -1.30. The zero-order chi connectivity index (χ0) is 16.9. The van der Waals surface area contributed by atoms with Crippen molar-refractivity contribution >= 4 is 23.3 Å². The van der Waals surface area contributed by atoms with Gasteiger partial charge in [0.2, 0.25) is 0 Å². The number of nitrogens with one attached hydrogen (secondary N) is 1. The van der Waals surface area contributed by atoms with Crippen LogP contribution in [0.5, 0.6) is 0 Å². The van der Waals surface area contributed by atoms with E-state index < -0.39 is 0 Å². The average Bonchev–Trinajstić information content (AvgIpc) is 3.19. The number of amides is 2. The van der Waals surface area contributed by atoms with Crippen LogP contribution in [0, 0.1) is 11.8 Å². The molecule has 4 atom stereocenters. The lowest BCUT2D eigenvalue weighted by atomic mass is 9.73. The van der Waals surface area contributed by atoms with Crippen LogP contribution in [0.1, 0.15) is 12.8 Å². The van der Waals surface area contributed by atoms with Gasteiger partial charge in [-0.2, -0.15) is 0 Å². The summed E-state index contributed by atoms with van der Waals surface area (Å²) in [6.45, 7) is 2.52.